The third-order valence-corrected chi connectivity index (χ3v) is 3.24. The number of rotatable bonds is 3. The van der Waals surface area contributed by atoms with E-state index in [0.29, 0.717) is 5.56 Å². The van der Waals surface area contributed by atoms with E-state index in [2.05, 4.69) is 4.98 Å². The fraction of sp³-hybridized carbons (Fsp3) is 0.231. The summed E-state index contributed by atoms with van der Waals surface area (Å²) < 4.78 is 20.3. The van der Waals surface area contributed by atoms with Crippen LogP contribution >= 0.6 is 0 Å². The molecular formula is C13H12FN3O3. The third-order valence-electron chi connectivity index (χ3n) is 3.24. The number of carbonyl (C=O) groups is 1. The van der Waals surface area contributed by atoms with Crippen molar-refractivity contribution >= 4 is 6.09 Å². The average molecular weight is 277 g/mol. The van der Waals surface area contributed by atoms with Crippen molar-refractivity contribution in [2.24, 2.45) is 0 Å². The van der Waals surface area contributed by atoms with Gasteiger partial charge in [0, 0.05) is 18.1 Å². The predicted molar refractivity (Wildman–Crippen MR) is 66.6 cm³/mol. The maximum Gasteiger partial charge on any atom is 0.439 e. The number of cyclic esters (lactones) is 1. The van der Waals surface area contributed by atoms with Crippen molar-refractivity contribution in [1.29, 1.82) is 0 Å². The van der Waals surface area contributed by atoms with Gasteiger partial charge in [-0.15, -0.1) is 5.12 Å². The number of aromatic nitrogens is 2. The van der Waals surface area contributed by atoms with Crippen LogP contribution in [0.2, 0.25) is 0 Å². The van der Waals surface area contributed by atoms with Crippen molar-refractivity contribution in [3.05, 3.63) is 48.5 Å². The lowest BCUT2D eigenvalue weighted by molar-refractivity contribution is 0.0388. The molecule has 0 spiro atoms. The lowest BCUT2D eigenvalue weighted by Crippen LogP contribution is -2.24. The minimum atomic E-state index is -1.08. The molecule has 1 aromatic heterocycles. The van der Waals surface area contributed by atoms with Gasteiger partial charge in [0.1, 0.15) is 6.04 Å². The largest absolute Gasteiger partial charge is 0.439 e. The van der Waals surface area contributed by atoms with E-state index in [9.17, 15) is 9.28 Å². The SMILES string of the molecule is O=C1OC(CO)C(c2ccc(-n3ccnc3)cc2)N1F. The highest BCUT2D eigenvalue weighted by Crippen LogP contribution is 2.33. The zero-order valence-corrected chi connectivity index (χ0v) is 10.4. The van der Waals surface area contributed by atoms with E-state index in [-0.39, 0.29) is 5.12 Å². The van der Waals surface area contributed by atoms with Crippen LogP contribution < -0.4 is 0 Å². The van der Waals surface area contributed by atoms with Crippen LogP contribution in [0, 0.1) is 0 Å². The van der Waals surface area contributed by atoms with Gasteiger partial charge in [-0.05, 0) is 17.7 Å². The summed E-state index contributed by atoms with van der Waals surface area (Å²) in [6, 6.07) is 6.02. The number of carbonyl (C=O) groups excluding carboxylic acids is 1. The van der Waals surface area contributed by atoms with Gasteiger partial charge in [-0.25, -0.2) is 9.78 Å². The summed E-state index contributed by atoms with van der Waals surface area (Å²) in [7, 11) is 0. The standard InChI is InChI=1S/C13H12FN3O3/c14-17-12(11(7-18)20-13(17)19)9-1-3-10(4-2-9)16-6-5-15-8-16/h1-6,8,11-12,18H,7H2. The number of aliphatic hydroxyl groups excluding tert-OH is 1. The highest BCUT2D eigenvalue weighted by molar-refractivity contribution is 5.69. The molecule has 1 fully saturated rings. The Labute approximate surface area is 114 Å². The van der Waals surface area contributed by atoms with E-state index in [1.165, 1.54) is 0 Å². The van der Waals surface area contributed by atoms with Gasteiger partial charge >= 0.3 is 6.09 Å². The molecule has 1 N–H and O–H groups in total. The van der Waals surface area contributed by atoms with Crippen LogP contribution in [-0.4, -0.2) is 38.6 Å². The molecule has 2 aromatic rings. The smallest absolute Gasteiger partial charge is 0.439 e. The minimum Gasteiger partial charge on any atom is -0.439 e. The lowest BCUT2D eigenvalue weighted by atomic mass is 10.0. The summed E-state index contributed by atoms with van der Waals surface area (Å²) in [6.45, 7) is -0.430. The Morgan fingerprint density at radius 2 is 2.10 bits per heavy atom. The molecule has 2 atom stereocenters. The van der Waals surface area contributed by atoms with E-state index in [4.69, 9.17) is 9.84 Å². The topological polar surface area (TPSA) is 67.6 Å². The van der Waals surface area contributed by atoms with Crippen LogP contribution in [0.4, 0.5) is 9.28 Å². The first kappa shape index (κ1) is 12.6. The molecule has 1 aromatic carbocycles. The third kappa shape index (κ3) is 2.01. The highest BCUT2D eigenvalue weighted by Gasteiger charge is 2.43. The second kappa shape index (κ2) is 4.93. The molecule has 104 valence electrons. The molecule has 2 unspecified atom stereocenters. The Morgan fingerprint density at radius 1 is 1.35 bits per heavy atom. The molecule has 0 aliphatic carbocycles. The average Bonchev–Trinajstić information content (AvgIpc) is 3.09. The normalized spacial score (nSPS) is 22.1. The number of hydrogen-bond acceptors (Lipinski definition) is 4. The highest BCUT2D eigenvalue weighted by atomic mass is 19.2. The molecule has 1 aliphatic heterocycles. The Morgan fingerprint density at radius 3 is 2.70 bits per heavy atom. The van der Waals surface area contributed by atoms with Gasteiger partial charge in [-0.2, -0.15) is 0 Å². The quantitative estimate of drug-likeness (QED) is 0.865. The molecule has 20 heavy (non-hydrogen) atoms. The summed E-state index contributed by atoms with van der Waals surface area (Å²) >= 11 is 0. The molecule has 2 heterocycles. The van der Waals surface area contributed by atoms with Gasteiger partial charge < -0.3 is 14.4 Å². The summed E-state index contributed by atoms with van der Waals surface area (Å²) in [5.74, 6) is 0. The maximum absolute atomic E-state index is 13.7. The van der Waals surface area contributed by atoms with Gasteiger partial charge in [-0.1, -0.05) is 16.6 Å². The first-order valence-electron chi connectivity index (χ1n) is 6.05. The number of nitrogens with zero attached hydrogens (tertiary/aromatic N) is 3. The van der Waals surface area contributed by atoms with Crippen LogP contribution in [0.5, 0.6) is 0 Å². The van der Waals surface area contributed by atoms with Crippen LogP contribution in [0.25, 0.3) is 5.69 Å². The number of imidazole rings is 1. The van der Waals surface area contributed by atoms with Crippen LogP contribution in [-0.2, 0) is 4.74 Å². The Bertz CT molecular complexity index is 600. The monoisotopic (exact) mass is 277 g/mol. The Balaban J connectivity index is 1.89. The first-order chi connectivity index (χ1) is 9.70. The number of benzene rings is 1. The minimum absolute atomic E-state index is 0.00705. The van der Waals surface area contributed by atoms with E-state index < -0.39 is 24.8 Å². The number of amides is 1. The Hall–Kier alpha value is -2.41. The second-order valence-corrected chi connectivity index (χ2v) is 4.42. The van der Waals surface area contributed by atoms with Crippen molar-refractivity contribution in [2.45, 2.75) is 12.1 Å². The van der Waals surface area contributed by atoms with Gasteiger partial charge in [0.05, 0.1) is 12.9 Å². The fourth-order valence-corrected chi connectivity index (χ4v) is 2.24. The number of halogens is 1. The summed E-state index contributed by atoms with van der Waals surface area (Å²) in [4.78, 5) is 15.1. The Kier molecular flexibility index (Phi) is 3.11. The first-order valence-corrected chi connectivity index (χ1v) is 6.05. The molecule has 7 heteroatoms. The van der Waals surface area contributed by atoms with Crippen LogP contribution in [0.3, 0.4) is 0 Å². The van der Waals surface area contributed by atoms with Gasteiger partial charge in [0.25, 0.3) is 0 Å². The second-order valence-electron chi connectivity index (χ2n) is 4.42. The van der Waals surface area contributed by atoms with Gasteiger partial charge in [-0.3, -0.25) is 0 Å². The zero-order valence-electron chi connectivity index (χ0n) is 10.4. The summed E-state index contributed by atoms with van der Waals surface area (Å²) in [6.07, 6.45) is 3.12. The molecule has 1 aliphatic rings. The van der Waals surface area contributed by atoms with Crippen molar-refractivity contribution < 1.29 is 19.1 Å². The number of aliphatic hydroxyl groups is 1. The molecule has 1 amide bonds. The van der Waals surface area contributed by atoms with Crippen molar-refractivity contribution in [3.8, 4) is 5.69 Å². The number of ether oxygens (including phenoxy) is 1. The molecular weight excluding hydrogens is 265 g/mol. The molecule has 0 saturated carbocycles. The summed E-state index contributed by atoms with van der Waals surface area (Å²) in [5, 5.41) is 9.16. The molecule has 1 saturated heterocycles. The fourth-order valence-electron chi connectivity index (χ4n) is 2.24. The van der Waals surface area contributed by atoms with Gasteiger partial charge in [0.2, 0.25) is 0 Å². The molecule has 3 rings (SSSR count). The maximum atomic E-state index is 13.7. The van der Waals surface area contributed by atoms with E-state index >= 15 is 0 Å². The molecule has 0 bridgehead atoms. The van der Waals surface area contributed by atoms with E-state index in [1.54, 1.807) is 47.6 Å². The molecule has 0 radical (unpaired) electrons. The predicted octanol–water partition coefficient (Wildman–Crippen LogP) is 1.61. The zero-order chi connectivity index (χ0) is 14.1. The van der Waals surface area contributed by atoms with Crippen molar-refractivity contribution in [1.82, 2.24) is 14.7 Å². The van der Waals surface area contributed by atoms with E-state index in [1.807, 2.05) is 0 Å². The van der Waals surface area contributed by atoms with E-state index in [0.717, 1.165) is 5.69 Å². The summed E-state index contributed by atoms with van der Waals surface area (Å²) in [5.41, 5.74) is 1.42. The number of hydrogen-bond donors (Lipinski definition) is 1. The lowest BCUT2D eigenvalue weighted by Gasteiger charge is -2.17. The van der Waals surface area contributed by atoms with Gasteiger partial charge in [0.15, 0.2) is 6.10 Å². The van der Waals surface area contributed by atoms with Crippen LogP contribution in [0.15, 0.2) is 43.0 Å². The van der Waals surface area contributed by atoms with Crippen molar-refractivity contribution in [2.75, 3.05) is 6.61 Å². The molecule has 6 nitrogen and oxygen atoms in total. The van der Waals surface area contributed by atoms with Crippen molar-refractivity contribution in [3.63, 3.8) is 0 Å². The van der Waals surface area contributed by atoms with Crippen LogP contribution in [0.1, 0.15) is 11.6 Å².